The summed E-state index contributed by atoms with van der Waals surface area (Å²) in [7, 11) is 0. The van der Waals surface area contributed by atoms with Gasteiger partial charge in [0, 0.05) is 0 Å². The van der Waals surface area contributed by atoms with Crippen molar-refractivity contribution in [3.8, 4) is 0 Å². The third-order valence-corrected chi connectivity index (χ3v) is 1.97. The molecule has 1 aromatic rings. The number of pyridine rings is 1. The van der Waals surface area contributed by atoms with Crippen LogP contribution < -0.4 is 0 Å². The minimum atomic E-state index is -0.979. The van der Waals surface area contributed by atoms with Gasteiger partial charge in [-0.3, -0.25) is 0 Å². The van der Waals surface area contributed by atoms with Crippen LogP contribution in [0.15, 0.2) is 16.7 Å². The zero-order chi connectivity index (χ0) is 9.14. The average molecular weight is 230 g/mol. The molecule has 0 aliphatic rings. The fourth-order valence-corrected chi connectivity index (χ4v) is 1.24. The molecule has 1 N–H and O–H groups in total. The monoisotopic (exact) mass is 229 g/mol. The van der Waals surface area contributed by atoms with E-state index in [4.69, 9.17) is 5.11 Å². The quantitative estimate of drug-likeness (QED) is 0.791. The Kier molecular flexibility index (Phi) is 2.81. The molecule has 3 nitrogen and oxygen atoms in total. The van der Waals surface area contributed by atoms with Crippen LogP contribution in [0.5, 0.6) is 0 Å². The van der Waals surface area contributed by atoms with E-state index in [2.05, 4.69) is 20.9 Å². The lowest BCUT2D eigenvalue weighted by molar-refractivity contribution is 0.0689. The lowest BCUT2D eigenvalue weighted by atomic mass is 10.1. The van der Waals surface area contributed by atoms with Crippen molar-refractivity contribution in [2.75, 3.05) is 0 Å². The Morgan fingerprint density at radius 3 is 2.83 bits per heavy atom. The van der Waals surface area contributed by atoms with Crippen LogP contribution in [0.1, 0.15) is 23.0 Å². The van der Waals surface area contributed by atoms with E-state index in [0.717, 1.165) is 5.56 Å². The van der Waals surface area contributed by atoms with Crippen LogP contribution >= 0.6 is 15.9 Å². The predicted octanol–water partition coefficient (Wildman–Crippen LogP) is 2.10. The lowest BCUT2D eigenvalue weighted by Gasteiger charge is -2.01. The number of carboxylic acids is 1. The third-order valence-electron chi connectivity index (χ3n) is 1.53. The fraction of sp³-hybridized carbons (Fsp3) is 0.250. The molecular weight excluding hydrogens is 222 g/mol. The van der Waals surface area contributed by atoms with Crippen molar-refractivity contribution in [1.29, 1.82) is 0 Å². The van der Waals surface area contributed by atoms with Gasteiger partial charge in [-0.25, -0.2) is 9.78 Å². The van der Waals surface area contributed by atoms with Gasteiger partial charge in [0.25, 0.3) is 0 Å². The Morgan fingerprint density at radius 2 is 2.33 bits per heavy atom. The molecule has 1 rings (SSSR count). The van der Waals surface area contributed by atoms with Crippen LogP contribution in [0.25, 0.3) is 0 Å². The molecular formula is C8H8BrNO2. The van der Waals surface area contributed by atoms with Gasteiger partial charge in [-0.05, 0) is 34.0 Å². The summed E-state index contributed by atoms with van der Waals surface area (Å²) in [4.78, 5) is 14.5. The number of aromatic carboxylic acids is 1. The third kappa shape index (κ3) is 1.82. The number of hydrogen-bond donors (Lipinski definition) is 1. The Hall–Kier alpha value is -0.900. The van der Waals surface area contributed by atoms with Gasteiger partial charge < -0.3 is 5.11 Å². The highest BCUT2D eigenvalue weighted by Crippen LogP contribution is 2.12. The molecule has 0 saturated carbocycles. The van der Waals surface area contributed by atoms with Crippen LogP contribution in [0.4, 0.5) is 0 Å². The van der Waals surface area contributed by atoms with Crippen molar-refractivity contribution in [2.45, 2.75) is 13.3 Å². The molecule has 0 radical (unpaired) electrons. The molecule has 0 saturated heterocycles. The Bertz CT molecular complexity index is 312. The molecule has 12 heavy (non-hydrogen) atoms. The molecule has 4 heteroatoms. The predicted molar refractivity (Wildman–Crippen MR) is 48.3 cm³/mol. The molecule has 64 valence electrons. The van der Waals surface area contributed by atoms with E-state index in [1.807, 2.05) is 6.92 Å². The summed E-state index contributed by atoms with van der Waals surface area (Å²) >= 11 is 3.12. The van der Waals surface area contributed by atoms with Crippen LogP contribution in [0.2, 0.25) is 0 Å². The summed E-state index contributed by atoms with van der Waals surface area (Å²) in [6, 6.07) is 3.51. The number of aromatic nitrogens is 1. The molecule has 0 atom stereocenters. The maximum Gasteiger partial charge on any atom is 0.354 e. The van der Waals surface area contributed by atoms with Gasteiger partial charge in [-0.2, -0.15) is 0 Å². The van der Waals surface area contributed by atoms with Gasteiger partial charge in [0.1, 0.15) is 4.60 Å². The standard InChI is InChI=1S/C8H8BrNO2/c1-2-5-3-4-6(9)10-7(5)8(11)12/h3-4H,2H2,1H3,(H,11,12). The summed E-state index contributed by atoms with van der Waals surface area (Å²) < 4.78 is 0.553. The average Bonchev–Trinajstić information content (AvgIpc) is 2.04. The van der Waals surface area contributed by atoms with Crippen molar-refractivity contribution in [2.24, 2.45) is 0 Å². The number of nitrogens with zero attached hydrogens (tertiary/aromatic N) is 1. The van der Waals surface area contributed by atoms with E-state index in [9.17, 15) is 4.79 Å². The highest BCUT2D eigenvalue weighted by molar-refractivity contribution is 9.10. The van der Waals surface area contributed by atoms with E-state index in [0.29, 0.717) is 11.0 Å². The van der Waals surface area contributed by atoms with Crippen molar-refractivity contribution < 1.29 is 9.90 Å². The van der Waals surface area contributed by atoms with Crippen LogP contribution in [0, 0.1) is 0 Å². The molecule has 1 aromatic heterocycles. The normalized spacial score (nSPS) is 9.83. The van der Waals surface area contributed by atoms with Crippen LogP contribution in [-0.4, -0.2) is 16.1 Å². The summed E-state index contributed by atoms with van der Waals surface area (Å²) in [5.74, 6) is -0.979. The smallest absolute Gasteiger partial charge is 0.354 e. The van der Waals surface area contributed by atoms with Gasteiger partial charge in [0.2, 0.25) is 0 Å². The summed E-state index contributed by atoms with van der Waals surface area (Å²) in [6.07, 6.45) is 0.682. The summed E-state index contributed by atoms with van der Waals surface area (Å²) in [5, 5.41) is 8.74. The summed E-state index contributed by atoms with van der Waals surface area (Å²) in [6.45, 7) is 1.90. The second-order valence-corrected chi connectivity index (χ2v) is 3.11. The second-order valence-electron chi connectivity index (χ2n) is 2.30. The Balaban J connectivity index is 3.21. The number of carbonyl (C=O) groups is 1. The van der Waals surface area contributed by atoms with E-state index < -0.39 is 5.97 Å². The summed E-state index contributed by atoms with van der Waals surface area (Å²) in [5.41, 5.74) is 0.887. The number of carboxylic acid groups (broad SMARTS) is 1. The molecule has 0 aliphatic carbocycles. The number of aryl methyl sites for hydroxylation is 1. The van der Waals surface area contributed by atoms with Crippen molar-refractivity contribution in [1.82, 2.24) is 4.98 Å². The fourth-order valence-electron chi connectivity index (χ4n) is 0.935. The second kappa shape index (κ2) is 3.67. The first kappa shape index (κ1) is 9.19. The number of hydrogen-bond acceptors (Lipinski definition) is 2. The van der Waals surface area contributed by atoms with Gasteiger partial charge in [-0.1, -0.05) is 13.0 Å². The molecule has 1 heterocycles. The first-order valence-corrected chi connectivity index (χ1v) is 4.33. The zero-order valence-corrected chi connectivity index (χ0v) is 8.13. The highest BCUT2D eigenvalue weighted by atomic mass is 79.9. The maximum atomic E-state index is 10.6. The molecule has 0 unspecified atom stereocenters. The number of rotatable bonds is 2. The van der Waals surface area contributed by atoms with Crippen molar-refractivity contribution in [3.05, 3.63) is 28.0 Å². The van der Waals surface area contributed by atoms with Gasteiger partial charge in [-0.15, -0.1) is 0 Å². The van der Waals surface area contributed by atoms with Crippen LogP contribution in [0.3, 0.4) is 0 Å². The van der Waals surface area contributed by atoms with Crippen LogP contribution in [-0.2, 0) is 6.42 Å². The molecule has 0 spiro atoms. The molecule has 0 fully saturated rings. The Labute approximate surface area is 78.6 Å². The van der Waals surface area contributed by atoms with Gasteiger partial charge in [0.15, 0.2) is 5.69 Å². The molecule has 0 bridgehead atoms. The van der Waals surface area contributed by atoms with Crippen molar-refractivity contribution >= 4 is 21.9 Å². The van der Waals surface area contributed by atoms with E-state index in [1.165, 1.54) is 0 Å². The van der Waals surface area contributed by atoms with E-state index >= 15 is 0 Å². The molecule has 0 aromatic carbocycles. The maximum absolute atomic E-state index is 10.6. The minimum Gasteiger partial charge on any atom is -0.477 e. The number of halogens is 1. The first-order chi connectivity index (χ1) is 5.65. The SMILES string of the molecule is CCc1ccc(Br)nc1C(=O)O. The topological polar surface area (TPSA) is 50.2 Å². The highest BCUT2D eigenvalue weighted by Gasteiger charge is 2.10. The van der Waals surface area contributed by atoms with E-state index in [-0.39, 0.29) is 5.69 Å². The first-order valence-electron chi connectivity index (χ1n) is 3.54. The zero-order valence-electron chi connectivity index (χ0n) is 6.54. The molecule has 0 aliphatic heterocycles. The van der Waals surface area contributed by atoms with Crippen molar-refractivity contribution in [3.63, 3.8) is 0 Å². The van der Waals surface area contributed by atoms with E-state index in [1.54, 1.807) is 12.1 Å². The van der Waals surface area contributed by atoms with Gasteiger partial charge in [0.05, 0.1) is 0 Å². The lowest BCUT2D eigenvalue weighted by Crippen LogP contribution is -2.05. The van der Waals surface area contributed by atoms with Gasteiger partial charge >= 0.3 is 5.97 Å². The minimum absolute atomic E-state index is 0.131. The molecule has 0 amide bonds. The Morgan fingerprint density at radius 1 is 1.67 bits per heavy atom. The largest absolute Gasteiger partial charge is 0.477 e.